The van der Waals surface area contributed by atoms with Gasteiger partial charge in [-0.3, -0.25) is 4.79 Å². The van der Waals surface area contributed by atoms with Crippen LogP contribution in [0.2, 0.25) is 0 Å². The largest absolute Gasteiger partial charge is 0.397 e. The lowest BCUT2D eigenvalue weighted by atomic mass is 10.1. The van der Waals surface area contributed by atoms with Crippen molar-refractivity contribution in [2.75, 3.05) is 12.3 Å². The highest BCUT2D eigenvalue weighted by Gasteiger charge is 2.26. The van der Waals surface area contributed by atoms with Gasteiger partial charge in [-0.1, -0.05) is 6.42 Å². The average molecular weight is 291 g/mol. The standard InChI is InChI=1S/C14H17N3O2S/c15-11-9-4-2-6-16-14(9)20-12(11)13(19)17-7-8-3-1-5-10(8)18/h2,4,6,8,10,18H,1,3,5,7,15H2,(H,17,19). The molecule has 1 amide bonds. The molecule has 1 fully saturated rings. The molecule has 106 valence electrons. The molecular formula is C14H17N3O2S. The average Bonchev–Trinajstić information content (AvgIpc) is 3.01. The molecule has 0 bridgehead atoms. The van der Waals surface area contributed by atoms with E-state index < -0.39 is 0 Å². The van der Waals surface area contributed by atoms with Gasteiger partial charge in [0.15, 0.2) is 0 Å². The number of fused-ring (bicyclic) bond motifs is 1. The molecule has 1 aliphatic rings. The molecule has 1 aliphatic carbocycles. The highest BCUT2D eigenvalue weighted by molar-refractivity contribution is 7.21. The van der Waals surface area contributed by atoms with Crippen molar-refractivity contribution < 1.29 is 9.90 Å². The lowest BCUT2D eigenvalue weighted by Crippen LogP contribution is -2.32. The second kappa shape index (κ2) is 5.38. The molecule has 0 aliphatic heterocycles. The monoisotopic (exact) mass is 291 g/mol. The van der Waals surface area contributed by atoms with E-state index in [1.54, 1.807) is 6.20 Å². The molecule has 0 radical (unpaired) electrons. The number of pyridine rings is 1. The minimum atomic E-state index is -0.295. The van der Waals surface area contributed by atoms with Gasteiger partial charge in [0.1, 0.15) is 9.71 Å². The maximum absolute atomic E-state index is 12.2. The predicted octanol–water partition coefficient (Wildman–Crippen LogP) is 1.77. The summed E-state index contributed by atoms with van der Waals surface area (Å²) in [4.78, 5) is 17.7. The smallest absolute Gasteiger partial charge is 0.263 e. The minimum absolute atomic E-state index is 0.160. The van der Waals surface area contributed by atoms with Gasteiger partial charge in [0.25, 0.3) is 5.91 Å². The highest BCUT2D eigenvalue weighted by atomic mass is 32.1. The Bertz CT molecular complexity index is 640. The van der Waals surface area contributed by atoms with Gasteiger partial charge in [-0.25, -0.2) is 4.98 Å². The molecule has 2 aromatic heterocycles. The number of anilines is 1. The molecule has 5 nitrogen and oxygen atoms in total. The van der Waals surface area contributed by atoms with Gasteiger partial charge in [-0.05, 0) is 25.0 Å². The number of rotatable bonds is 3. The van der Waals surface area contributed by atoms with Crippen LogP contribution in [-0.4, -0.2) is 28.6 Å². The Labute approximate surface area is 120 Å². The third-order valence-corrected chi connectivity index (χ3v) is 4.98. The molecule has 0 aromatic carbocycles. The second-order valence-corrected chi connectivity index (χ2v) is 6.17. The number of nitrogen functional groups attached to an aromatic ring is 1. The van der Waals surface area contributed by atoms with Crippen LogP contribution >= 0.6 is 11.3 Å². The summed E-state index contributed by atoms with van der Waals surface area (Å²) >= 11 is 1.30. The number of aliphatic hydroxyl groups is 1. The van der Waals surface area contributed by atoms with Crippen LogP contribution in [0.25, 0.3) is 10.2 Å². The van der Waals surface area contributed by atoms with Crippen molar-refractivity contribution in [2.24, 2.45) is 5.92 Å². The molecule has 2 atom stereocenters. The van der Waals surface area contributed by atoms with Gasteiger partial charge in [0.2, 0.25) is 0 Å². The fourth-order valence-electron chi connectivity index (χ4n) is 2.68. The van der Waals surface area contributed by atoms with Gasteiger partial charge < -0.3 is 16.2 Å². The number of aromatic nitrogens is 1. The summed E-state index contributed by atoms with van der Waals surface area (Å²) < 4.78 is 0. The molecule has 20 heavy (non-hydrogen) atoms. The van der Waals surface area contributed by atoms with E-state index in [2.05, 4.69) is 10.3 Å². The Balaban J connectivity index is 1.74. The Hall–Kier alpha value is -1.66. The Morgan fingerprint density at radius 3 is 3.10 bits per heavy atom. The van der Waals surface area contributed by atoms with Crippen molar-refractivity contribution in [1.29, 1.82) is 0 Å². The van der Waals surface area contributed by atoms with E-state index in [9.17, 15) is 9.90 Å². The van der Waals surface area contributed by atoms with Gasteiger partial charge in [-0.2, -0.15) is 0 Å². The van der Waals surface area contributed by atoms with Gasteiger partial charge in [0, 0.05) is 24.0 Å². The summed E-state index contributed by atoms with van der Waals surface area (Å²) in [5, 5.41) is 13.5. The van der Waals surface area contributed by atoms with E-state index in [4.69, 9.17) is 5.73 Å². The summed E-state index contributed by atoms with van der Waals surface area (Å²) in [6.45, 7) is 0.501. The van der Waals surface area contributed by atoms with Crippen LogP contribution in [0.5, 0.6) is 0 Å². The third kappa shape index (κ3) is 2.36. The molecule has 2 unspecified atom stereocenters. The molecule has 0 saturated heterocycles. The number of thiophene rings is 1. The molecule has 4 N–H and O–H groups in total. The number of hydrogen-bond acceptors (Lipinski definition) is 5. The number of carbonyl (C=O) groups is 1. The summed E-state index contributed by atoms with van der Waals surface area (Å²) in [6.07, 6.45) is 4.21. The third-order valence-electron chi connectivity index (χ3n) is 3.85. The number of hydrogen-bond donors (Lipinski definition) is 3. The van der Waals surface area contributed by atoms with Crippen molar-refractivity contribution in [3.8, 4) is 0 Å². The Kier molecular flexibility index (Phi) is 3.58. The molecule has 2 aromatic rings. The molecule has 3 rings (SSSR count). The topological polar surface area (TPSA) is 88.2 Å². The van der Waals surface area contributed by atoms with Gasteiger partial charge in [-0.15, -0.1) is 11.3 Å². The minimum Gasteiger partial charge on any atom is -0.397 e. The quantitative estimate of drug-likeness (QED) is 0.804. The van der Waals surface area contributed by atoms with Crippen molar-refractivity contribution >= 4 is 33.1 Å². The maximum Gasteiger partial charge on any atom is 0.263 e. The summed E-state index contributed by atoms with van der Waals surface area (Å²) in [5.41, 5.74) is 6.50. The van der Waals surface area contributed by atoms with Crippen molar-refractivity contribution in [1.82, 2.24) is 10.3 Å². The van der Waals surface area contributed by atoms with E-state index in [1.165, 1.54) is 11.3 Å². The molecule has 2 heterocycles. The molecule has 0 spiro atoms. The predicted molar refractivity (Wildman–Crippen MR) is 79.7 cm³/mol. The number of carbonyl (C=O) groups excluding carboxylic acids is 1. The first-order valence-electron chi connectivity index (χ1n) is 6.76. The fraction of sp³-hybridized carbons (Fsp3) is 0.429. The number of nitrogens with one attached hydrogen (secondary N) is 1. The van der Waals surface area contributed by atoms with Crippen LogP contribution in [-0.2, 0) is 0 Å². The van der Waals surface area contributed by atoms with E-state index in [1.807, 2.05) is 12.1 Å². The van der Waals surface area contributed by atoms with Crippen LogP contribution in [0.3, 0.4) is 0 Å². The van der Waals surface area contributed by atoms with Crippen LogP contribution in [0.4, 0.5) is 5.69 Å². The maximum atomic E-state index is 12.2. The zero-order valence-corrected chi connectivity index (χ0v) is 11.8. The first-order chi connectivity index (χ1) is 9.66. The SMILES string of the molecule is Nc1c(C(=O)NCC2CCCC2O)sc2ncccc12. The van der Waals surface area contributed by atoms with E-state index in [-0.39, 0.29) is 17.9 Å². The zero-order chi connectivity index (χ0) is 14.1. The van der Waals surface area contributed by atoms with E-state index >= 15 is 0 Å². The zero-order valence-electron chi connectivity index (χ0n) is 11.0. The fourth-order valence-corrected chi connectivity index (χ4v) is 3.66. The first kappa shape index (κ1) is 13.3. The van der Waals surface area contributed by atoms with Crippen LogP contribution in [0.15, 0.2) is 18.3 Å². The Morgan fingerprint density at radius 1 is 1.55 bits per heavy atom. The van der Waals surface area contributed by atoms with E-state index in [0.29, 0.717) is 17.1 Å². The van der Waals surface area contributed by atoms with Crippen LogP contribution in [0.1, 0.15) is 28.9 Å². The van der Waals surface area contributed by atoms with Crippen LogP contribution in [0, 0.1) is 5.92 Å². The van der Waals surface area contributed by atoms with Crippen molar-refractivity contribution in [2.45, 2.75) is 25.4 Å². The summed E-state index contributed by atoms with van der Waals surface area (Å²) in [5.74, 6) is -0.0164. The second-order valence-electron chi connectivity index (χ2n) is 5.17. The lowest BCUT2D eigenvalue weighted by Gasteiger charge is -2.14. The molecule has 1 saturated carbocycles. The number of nitrogens with zero attached hydrogens (tertiary/aromatic N) is 1. The van der Waals surface area contributed by atoms with Gasteiger partial charge in [0.05, 0.1) is 11.8 Å². The Morgan fingerprint density at radius 2 is 2.40 bits per heavy atom. The lowest BCUT2D eigenvalue weighted by molar-refractivity contribution is 0.0921. The molecule has 6 heteroatoms. The molecular weight excluding hydrogens is 274 g/mol. The normalized spacial score (nSPS) is 22.2. The first-order valence-corrected chi connectivity index (χ1v) is 7.57. The van der Waals surface area contributed by atoms with Crippen molar-refractivity contribution in [3.05, 3.63) is 23.2 Å². The number of nitrogens with two attached hydrogens (primary N) is 1. The summed E-state index contributed by atoms with van der Waals surface area (Å²) in [7, 11) is 0. The summed E-state index contributed by atoms with van der Waals surface area (Å²) in [6, 6.07) is 3.67. The van der Waals surface area contributed by atoms with E-state index in [0.717, 1.165) is 29.5 Å². The van der Waals surface area contributed by atoms with Crippen molar-refractivity contribution in [3.63, 3.8) is 0 Å². The number of aliphatic hydroxyl groups excluding tert-OH is 1. The highest BCUT2D eigenvalue weighted by Crippen LogP contribution is 2.32. The van der Waals surface area contributed by atoms with Crippen LogP contribution < -0.4 is 11.1 Å². The van der Waals surface area contributed by atoms with Gasteiger partial charge >= 0.3 is 0 Å². The number of amides is 1.